The molecule has 0 aliphatic heterocycles. The lowest BCUT2D eigenvalue weighted by Gasteiger charge is -2.10. The summed E-state index contributed by atoms with van der Waals surface area (Å²) in [6, 6.07) is 11.9. The van der Waals surface area contributed by atoms with Gasteiger partial charge in [0.1, 0.15) is 17.2 Å². The maximum absolute atomic E-state index is 13.3. The van der Waals surface area contributed by atoms with E-state index in [1.165, 1.54) is 17.7 Å². The minimum atomic E-state index is -0.460. The van der Waals surface area contributed by atoms with Crippen LogP contribution < -0.4 is 5.73 Å². The van der Waals surface area contributed by atoms with Gasteiger partial charge in [0.25, 0.3) is 0 Å². The molecule has 0 radical (unpaired) electrons. The first-order valence-corrected chi connectivity index (χ1v) is 6.57. The highest BCUT2D eigenvalue weighted by Crippen LogP contribution is 2.32. The molecule has 0 bridgehead atoms. The quantitative estimate of drug-likeness (QED) is 0.756. The van der Waals surface area contributed by atoms with Crippen LogP contribution in [-0.2, 0) is 0 Å². The second kappa shape index (κ2) is 4.76. The molecule has 0 amide bonds. The highest BCUT2D eigenvalue weighted by molar-refractivity contribution is 5.83. The zero-order valence-corrected chi connectivity index (χ0v) is 11.5. The molecular weight excluding hydrogens is 253 g/mol. The van der Waals surface area contributed by atoms with Gasteiger partial charge < -0.3 is 10.2 Å². The molecule has 1 heterocycles. The topological polar surface area (TPSA) is 39.2 Å². The van der Waals surface area contributed by atoms with Crippen molar-refractivity contribution in [2.24, 2.45) is 5.73 Å². The van der Waals surface area contributed by atoms with E-state index in [1.807, 2.05) is 32.0 Å². The van der Waals surface area contributed by atoms with Crippen LogP contribution in [0.2, 0.25) is 0 Å². The van der Waals surface area contributed by atoms with Crippen molar-refractivity contribution in [3.05, 3.63) is 70.7 Å². The van der Waals surface area contributed by atoms with Gasteiger partial charge in [0.2, 0.25) is 0 Å². The third-order valence-electron chi connectivity index (χ3n) is 3.62. The van der Waals surface area contributed by atoms with Crippen LogP contribution in [0.4, 0.5) is 4.39 Å². The predicted octanol–water partition coefficient (Wildman–Crippen LogP) is 4.24. The summed E-state index contributed by atoms with van der Waals surface area (Å²) < 4.78 is 19.2. The summed E-state index contributed by atoms with van der Waals surface area (Å²) in [7, 11) is 0. The maximum Gasteiger partial charge on any atom is 0.134 e. The lowest BCUT2D eigenvalue weighted by Crippen LogP contribution is -2.12. The first-order chi connectivity index (χ1) is 9.56. The molecule has 0 fully saturated rings. The Bertz CT molecular complexity index is 776. The molecule has 1 unspecified atom stereocenters. The molecular formula is C17H16FNO. The maximum atomic E-state index is 13.3. The summed E-state index contributed by atoms with van der Waals surface area (Å²) >= 11 is 0. The summed E-state index contributed by atoms with van der Waals surface area (Å²) in [6.45, 7) is 4.03. The van der Waals surface area contributed by atoms with E-state index in [-0.39, 0.29) is 5.82 Å². The SMILES string of the molecule is Cc1ccc2oc(C(N)c3cccc(F)c3)c(C)c2c1. The first kappa shape index (κ1) is 12.9. The molecule has 0 aliphatic carbocycles. The Balaban J connectivity index is 2.12. The summed E-state index contributed by atoms with van der Waals surface area (Å²) in [4.78, 5) is 0. The van der Waals surface area contributed by atoms with Gasteiger partial charge in [-0.05, 0) is 43.7 Å². The van der Waals surface area contributed by atoms with Gasteiger partial charge in [0.05, 0.1) is 6.04 Å². The minimum Gasteiger partial charge on any atom is -0.459 e. The fraction of sp³-hybridized carbons (Fsp3) is 0.176. The first-order valence-electron chi connectivity index (χ1n) is 6.57. The molecule has 3 rings (SSSR count). The number of hydrogen-bond donors (Lipinski definition) is 1. The number of halogens is 1. The zero-order chi connectivity index (χ0) is 14.3. The number of furan rings is 1. The standard InChI is InChI=1S/C17H16FNO/c1-10-6-7-15-14(8-10)11(2)17(20-15)16(19)12-4-3-5-13(18)9-12/h3-9,16H,19H2,1-2H3. The third-order valence-corrected chi connectivity index (χ3v) is 3.62. The zero-order valence-electron chi connectivity index (χ0n) is 11.5. The highest BCUT2D eigenvalue weighted by Gasteiger charge is 2.19. The monoisotopic (exact) mass is 269 g/mol. The van der Waals surface area contributed by atoms with Gasteiger partial charge in [0.15, 0.2) is 0 Å². The van der Waals surface area contributed by atoms with Crippen LogP contribution >= 0.6 is 0 Å². The fourth-order valence-electron chi connectivity index (χ4n) is 2.50. The average molecular weight is 269 g/mol. The van der Waals surface area contributed by atoms with E-state index in [1.54, 1.807) is 6.07 Å². The van der Waals surface area contributed by atoms with Crippen LogP contribution in [0.15, 0.2) is 46.9 Å². The van der Waals surface area contributed by atoms with Gasteiger partial charge in [-0.15, -0.1) is 0 Å². The third kappa shape index (κ3) is 2.10. The Hall–Kier alpha value is -2.13. The second-order valence-corrected chi connectivity index (χ2v) is 5.12. The smallest absolute Gasteiger partial charge is 0.134 e. The van der Waals surface area contributed by atoms with Crippen LogP contribution in [0.25, 0.3) is 11.0 Å². The molecule has 2 aromatic carbocycles. The molecule has 3 aromatic rings. The molecule has 20 heavy (non-hydrogen) atoms. The molecule has 1 aromatic heterocycles. The Morgan fingerprint density at radius 3 is 2.65 bits per heavy atom. The lowest BCUT2D eigenvalue weighted by atomic mass is 10.0. The van der Waals surface area contributed by atoms with E-state index < -0.39 is 6.04 Å². The van der Waals surface area contributed by atoms with Crippen molar-refractivity contribution in [2.75, 3.05) is 0 Å². The normalized spacial score (nSPS) is 12.8. The Morgan fingerprint density at radius 2 is 1.90 bits per heavy atom. The van der Waals surface area contributed by atoms with E-state index in [2.05, 4.69) is 6.07 Å². The van der Waals surface area contributed by atoms with E-state index in [4.69, 9.17) is 10.2 Å². The largest absolute Gasteiger partial charge is 0.459 e. The molecule has 0 saturated heterocycles. The number of hydrogen-bond acceptors (Lipinski definition) is 2. The van der Waals surface area contributed by atoms with Gasteiger partial charge in [0, 0.05) is 10.9 Å². The number of fused-ring (bicyclic) bond motifs is 1. The van der Waals surface area contributed by atoms with Crippen molar-refractivity contribution in [1.82, 2.24) is 0 Å². The Morgan fingerprint density at radius 1 is 1.10 bits per heavy atom. The number of aryl methyl sites for hydroxylation is 2. The Kier molecular flexibility index (Phi) is 3.07. The van der Waals surface area contributed by atoms with Crippen molar-refractivity contribution in [2.45, 2.75) is 19.9 Å². The van der Waals surface area contributed by atoms with Crippen LogP contribution in [0, 0.1) is 19.7 Å². The van der Waals surface area contributed by atoms with Crippen molar-refractivity contribution in [3.8, 4) is 0 Å². The van der Waals surface area contributed by atoms with Gasteiger partial charge >= 0.3 is 0 Å². The van der Waals surface area contributed by atoms with Gasteiger partial charge in [-0.25, -0.2) is 4.39 Å². The molecule has 0 aliphatic rings. The van der Waals surface area contributed by atoms with Crippen LogP contribution in [0.3, 0.4) is 0 Å². The Labute approximate surface area is 117 Å². The van der Waals surface area contributed by atoms with Crippen LogP contribution in [0.5, 0.6) is 0 Å². The van der Waals surface area contributed by atoms with Crippen molar-refractivity contribution >= 4 is 11.0 Å². The summed E-state index contributed by atoms with van der Waals surface area (Å²) in [5.74, 6) is 0.402. The lowest BCUT2D eigenvalue weighted by molar-refractivity contribution is 0.519. The van der Waals surface area contributed by atoms with Crippen LogP contribution in [-0.4, -0.2) is 0 Å². The fourth-order valence-corrected chi connectivity index (χ4v) is 2.50. The molecule has 3 heteroatoms. The second-order valence-electron chi connectivity index (χ2n) is 5.12. The predicted molar refractivity (Wildman–Crippen MR) is 78.1 cm³/mol. The van der Waals surface area contributed by atoms with E-state index in [0.29, 0.717) is 11.3 Å². The van der Waals surface area contributed by atoms with Gasteiger partial charge in [-0.2, -0.15) is 0 Å². The minimum absolute atomic E-state index is 0.289. The molecule has 2 N–H and O–H groups in total. The van der Waals surface area contributed by atoms with E-state index in [9.17, 15) is 4.39 Å². The highest BCUT2D eigenvalue weighted by atomic mass is 19.1. The van der Waals surface area contributed by atoms with Crippen LogP contribution in [0.1, 0.15) is 28.5 Å². The van der Waals surface area contributed by atoms with Crippen molar-refractivity contribution in [1.29, 1.82) is 0 Å². The molecule has 1 atom stereocenters. The number of nitrogens with two attached hydrogens (primary N) is 1. The summed E-state index contributed by atoms with van der Waals surface area (Å²) in [5, 5.41) is 1.06. The van der Waals surface area contributed by atoms with Gasteiger partial charge in [-0.1, -0.05) is 23.8 Å². The van der Waals surface area contributed by atoms with Crippen molar-refractivity contribution in [3.63, 3.8) is 0 Å². The number of rotatable bonds is 2. The molecule has 2 nitrogen and oxygen atoms in total. The average Bonchev–Trinajstić information content (AvgIpc) is 2.75. The molecule has 102 valence electrons. The van der Waals surface area contributed by atoms with Crippen molar-refractivity contribution < 1.29 is 8.81 Å². The number of benzene rings is 2. The van der Waals surface area contributed by atoms with Gasteiger partial charge in [-0.3, -0.25) is 0 Å². The molecule has 0 spiro atoms. The summed E-state index contributed by atoms with van der Waals surface area (Å²) in [5.41, 5.74) is 9.94. The summed E-state index contributed by atoms with van der Waals surface area (Å²) in [6.07, 6.45) is 0. The van der Waals surface area contributed by atoms with E-state index in [0.717, 1.165) is 16.5 Å². The molecule has 0 saturated carbocycles. The van der Waals surface area contributed by atoms with E-state index >= 15 is 0 Å².